The zero-order chi connectivity index (χ0) is 15.0. The summed E-state index contributed by atoms with van der Waals surface area (Å²) in [6, 6.07) is 1.78. The molecule has 1 N–H and O–H groups in total. The zero-order valence-corrected chi connectivity index (χ0v) is 12.8. The van der Waals surface area contributed by atoms with E-state index in [-0.39, 0.29) is 0 Å². The van der Waals surface area contributed by atoms with Crippen LogP contribution in [0, 0.1) is 0 Å². The van der Waals surface area contributed by atoms with E-state index in [4.69, 9.17) is 21.1 Å². The van der Waals surface area contributed by atoms with Crippen LogP contribution in [0.4, 0.5) is 0 Å². The second-order valence-electron chi connectivity index (χ2n) is 5.69. The summed E-state index contributed by atoms with van der Waals surface area (Å²) >= 11 is 6.34. The monoisotopic (exact) mass is 310 g/mol. The van der Waals surface area contributed by atoms with Crippen molar-refractivity contribution >= 4 is 17.6 Å². The molecule has 0 atom stereocenters. The van der Waals surface area contributed by atoms with Crippen molar-refractivity contribution in [3.63, 3.8) is 0 Å². The van der Waals surface area contributed by atoms with Gasteiger partial charge in [-0.05, 0) is 30.9 Å². The van der Waals surface area contributed by atoms with E-state index in [1.807, 2.05) is 6.92 Å². The lowest BCUT2D eigenvalue weighted by molar-refractivity contribution is -0.147. The first-order chi connectivity index (χ1) is 10.1. The quantitative estimate of drug-likeness (QED) is 0.927. The van der Waals surface area contributed by atoms with E-state index >= 15 is 0 Å². The smallest absolute Gasteiger partial charge is 0.314 e. The van der Waals surface area contributed by atoms with Gasteiger partial charge in [-0.2, -0.15) is 0 Å². The van der Waals surface area contributed by atoms with Gasteiger partial charge in [0.05, 0.1) is 23.7 Å². The molecule has 4 nitrogen and oxygen atoms in total. The van der Waals surface area contributed by atoms with Gasteiger partial charge in [-0.1, -0.05) is 24.9 Å². The fraction of sp³-hybridized carbons (Fsp3) is 0.562. The number of rotatable bonds is 3. The van der Waals surface area contributed by atoms with E-state index in [0.717, 1.165) is 24.0 Å². The second kappa shape index (κ2) is 5.41. The number of aliphatic carboxylic acids is 1. The molecule has 1 saturated carbocycles. The fourth-order valence-electron chi connectivity index (χ4n) is 3.25. The topological polar surface area (TPSA) is 55.8 Å². The average molecular weight is 311 g/mol. The van der Waals surface area contributed by atoms with Gasteiger partial charge in [0, 0.05) is 12.0 Å². The molecule has 3 rings (SSSR count). The first-order valence-corrected chi connectivity index (χ1v) is 7.83. The number of hydrogen-bond acceptors (Lipinski definition) is 3. The lowest BCUT2D eigenvalue weighted by atomic mass is 9.63. The van der Waals surface area contributed by atoms with E-state index in [0.29, 0.717) is 49.0 Å². The lowest BCUT2D eigenvalue weighted by Gasteiger charge is -2.40. The third-order valence-corrected chi connectivity index (χ3v) is 4.84. The van der Waals surface area contributed by atoms with Crippen LogP contribution in [0.2, 0.25) is 5.02 Å². The van der Waals surface area contributed by atoms with Crippen LogP contribution in [0.1, 0.15) is 43.7 Å². The molecule has 5 heteroatoms. The highest BCUT2D eigenvalue weighted by molar-refractivity contribution is 6.32. The third-order valence-electron chi connectivity index (χ3n) is 4.56. The highest BCUT2D eigenvalue weighted by atomic mass is 35.5. The van der Waals surface area contributed by atoms with Gasteiger partial charge in [0.2, 0.25) is 0 Å². The third kappa shape index (κ3) is 2.16. The minimum Gasteiger partial charge on any atom is -0.489 e. The molecule has 1 heterocycles. The maximum absolute atomic E-state index is 11.8. The maximum atomic E-state index is 11.8. The van der Waals surface area contributed by atoms with Gasteiger partial charge in [-0.15, -0.1) is 0 Å². The van der Waals surface area contributed by atoms with E-state index in [1.165, 1.54) is 0 Å². The molecule has 1 aliphatic heterocycles. The Labute approximate surface area is 129 Å². The number of halogens is 1. The second-order valence-corrected chi connectivity index (χ2v) is 6.09. The molecular formula is C16H19ClO4. The molecule has 0 spiro atoms. The van der Waals surface area contributed by atoms with Gasteiger partial charge in [0.1, 0.15) is 0 Å². The molecular weight excluding hydrogens is 292 g/mol. The Hall–Kier alpha value is -1.42. The van der Waals surface area contributed by atoms with Crippen LogP contribution in [0.15, 0.2) is 6.07 Å². The van der Waals surface area contributed by atoms with Gasteiger partial charge >= 0.3 is 5.97 Å². The normalized spacial score (nSPS) is 19.5. The van der Waals surface area contributed by atoms with Crippen LogP contribution in [-0.4, -0.2) is 24.3 Å². The number of ether oxygens (including phenoxy) is 2. The van der Waals surface area contributed by atoms with Crippen molar-refractivity contribution in [3.8, 4) is 11.5 Å². The van der Waals surface area contributed by atoms with Crippen molar-refractivity contribution in [3.05, 3.63) is 22.2 Å². The summed E-state index contributed by atoms with van der Waals surface area (Å²) in [5.41, 5.74) is 0.927. The standard InChI is InChI=1S/C16H19ClO4/c1-2-10-11(16(15(18)19)5-3-6-16)9-12(17)14-13(10)20-7-4-8-21-14/h9H,2-8H2,1H3,(H,18,19). The number of hydrogen-bond donors (Lipinski definition) is 1. The minimum absolute atomic E-state index is 0.451. The molecule has 0 radical (unpaired) electrons. The number of carboxylic acids is 1. The molecule has 0 unspecified atom stereocenters. The number of carboxylic acid groups (broad SMARTS) is 1. The van der Waals surface area contributed by atoms with Crippen molar-refractivity contribution in [2.45, 2.75) is 44.4 Å². The molecule has 0 saturated heterocycles. The van der Waals surface area contributed by atoms with Crippen LogP contribution in [0.5, 0.6) is 11.5 Å². The molecule has 2 aliphatic rings. The fourth-order valence-corrected chi connectivity index (χ4v) is 3.50. The summed E-state index contributed by atoms with van der Waals surface area (Å²) in [5, 5.41) is 10.1. The van der Waals surface area contributed by atoms with E-state index in [2.05, 4.69) is 0 Å². The summed E-state index contributed by atoms with van der Waals surface area (Å²) in [6.45, 7) is 3.15. The Kier molecular flexibility index (Phi) is 3.74. The van der Waals surface area contributed by atoms with Crippen molar-refractivity contribution in [2.24, 2.45) is 0 Å². The molecule has 1 aromatic rings. The van der Waals surface area contributed by atoms with Gasteiger partial charge in [-0.25, -0.2) is 0 Å². The first-order valence-electron chi connectivity index (χ1n) is 7.45. The predicted molar refractivity (Wildman–Crippen MR) is 79.6 cm³/mol. The first kappa shape index (κ1) is 14.5. The van der Waals surface area contributed by atoms with E-state index < -0.39 is 11.4 Å². The van der Waals surface area contributed by atoms with Crippen molar-refractivity contribution in [2.75, 3.05) is 13.2 Å². The van der Waals surface area contributed by atoms with Crippen LogP contribution in [-0.2, 0) is 16.6 Å². The van der Waals surface area contributed by atoms with Crippen LogP contribution in [0.3, 0.4) is 0 Å². The van der Waals surface area contributed by atoms with Gasteiger partial charge < -0.3 is 14.6 Å². The summed E-state index contributed by atoms with van der Waals surface area (Å²) in [5.74, 6) is 0.439. The SMILES string of the molecule is CCc1c(C2(C(=O)O)CCC2)cc(Cl)c2c1OCCCO2. The zero-order valence-electron chi connectivity index (χ0n) is 12.1. The number of benzene rings is 1. The summed E-state index contributed by atoms with van der Waals surface area (Å²) < 4.78 is 11.5. The number of fused-ring (bicyclic) bond motifs is 1. The van der Waals surface area contributed by atoms with Gasteiger partial charge in [-0.3, -0.25) is 4.79 Å². The summed E-state index contributed by atoms with van der Waals surface area (Å²) in [7, 11) is 0. The largest absolute Gasteiger partial charge is 0.489 e. The molecule has 21 heavy (non-hydrogen) atoms. The van der Waals surface area contributed by atoms with E-state index in [1.54, 1.807) is 6.07 Å². The van der Waals surface area contributed by atoms with Crippen LogP contribution < -0.4 is 9.47 Å². The molecule has 0 aromatic heterocycles. The molecule has 1 aliphatic carbocycles. The van der Waals surface area contributed by atoms with Crippen molar-refractivity contribution in [1.29, 1.82) is 0 Å². The van der Waals surface area contributed by atoms with Gasteiger partial charge in [0.25, 0.3) is 0 Å². The maximum Gasteiger partial charge on any atom is 0.314 e. The molecule has 1 aromatic carbocycles. The Morgan fingerprint density at radius 2 is 1.95 bits per heavy atom. The molecule has 0 amide bonds. The number of carbonyl (C=O) groups is 1. The summed E-state index contributed by atoms with van der Waals surface area (Å²) in [4.78, 5) is 11.8. The highest BCUT2D eigenvalue weighted by Gasteiger charge is 2.48. The Balaban J connectivity index is 2.20. The van der Waals surface area contributed by atoms with Crippen molar-refractivity contribution in [1.82, 2.24) is 0 Å². The summed E-state index contributed by atoms with van der Waals surface area (Å²) in [6.07, 6.45) is 3.75. The lowest BCUT2D eigenvalue weighted by Crippen LogP contribution is -2.43. The van der Waals surface area contributed by atoms with Crippen molar-refractivity contribution < 1.29 is 19.4 Å². The Bertz CT molecular complexity index is 578. The molecule has 0 bridgehead atoms. The van der Waals surface area contributed by atoms with Crippen LogP contribution >= 0.6 is 11.6 Å². The van der Waals surface area contributed by atoms with Gasteiger partial charge in [0.15, 0.2) is 11.5 Å². The minimum atomic E-state index is -0.806. The predicted octanol–water partition coefficient (Wildman–Crippen LogP) is 3.57. The Morgan fingerprint density at radius 1 is 1.29 bits per heavy atom. The Morgan fingerprint density at radius 3 is 2.48 bits per heavy atom. The highest BCUT2D eigenvalue weighted by Crippen LogP contribution is 2.51. The van der Waals surface area contributed by atoms with Crippen LogP contribution in [0.25, 0.3) is 0 Å². The molecule has 114 valence electrons. The molecule has 1 fully saturated rings. The van der Waals surface area contributed by atoms with E-state index in [9.17, 15) is 9.90 Å². The average Bonchev–Trinajstić information content (AvgIpc) is 2.63.